The molecule has 0 aliphatic rings. The zero-order valence-corrected chi connectivity index (χ0v) is 35.7. The molecular weight excluding hydrogens is 737 g/mol. The van der Waals surface area contributed by atoms with Crippen LogP contribution in [0.2, 0.25) is 0 Å². The van der Waals surface area contributed by atoms with Gasteiger partial charge in [0.15, 0.2) is 11.6 Å². The maximum Gasteiger partial charge on any atom is 0.329 e. The average Bonchev–Trinajstić information content (AvgIpc) is 3.16. The first-order valence-electron chi connectivity index (χ1n) is 21.0. The number of amides is 4. The van der Waals surface area contributed by atoms with Crippen LogP contribution in [-0.2, 0) is 46.3 Å². The minimum atomic E-state index is -0.955. The lowest BCUT2D eigenvalue weighted by molar-refractivity contribution is -0.157. The number of esters is 1. The lowest BCUT2D eigenvalue weighted by atomic mass is 9.96. The highest BCUT2D eigenvalue weighted by Gasteiger charge is 2.28. The van der Waals surface area contributed by atoms with Gasteiger partial charge in [0.25, 0.3) is 0 Å². The van der Waals surface area contributed by atoms with Gasteiger partial charge < -0.3 is 30.8 Å². The Morgan fingerprint density at radius 1 is 0.603 bits per heavy atom. The van der Waals surface area contributed by atoms with Crippen LogP contribution in [0.25, 0.3) is 0 Å². The highest BCUT2D eigenvalue weighted by atomic mass is 16.6. The summed E-state index contributed by atoms with van der Waals surface area (Å²) in [7, 11) is 0. The van der Waals surface area contributed by atoms with Crippen LogP contribution in [0, 0.1) is 5.92 Å². The second kappa shape index (κ2) is 26.9. The van der Waals surface area contributed by atoms with Gasteiger partial charge in [0.05, 0.1) is 12.1 Å². The number of hydrogen-bond acceptors (Lipinski definition) is 8. The second-order valence-corrected chi connectivity index (χ2v) is 16.4. The molecule has 4 N–H and O–H groups in total. The Labute approximate surface area is 345 Å². The van der Waals surface area contributed by atoms with Crippen molar-refractivity contribution in [1.29, 1.82) is 0 Å². The van der Waals surface area contributed by atoms with Crippen molar-refractivity contribution in [2.45, 2.75) is 162 Å². The van der Waals surface area contributed by atoms with E-state index in [9.17, 15) is 33.6 Å². The van der Waals surface area contributed by atoms with Crippen molar-refractivity contribution in [1.82, 2.24) is 21.3 Å². The largest absolute Gasteiger partial charge is 0.458 e. The van der Waals surface area contributed by atoms with Crippen LogP contribution in [0.3, 0.4) is 0 Å². The zero-order chi connectivity index (χ0) is 42.9. The van der Waals surface area contributed by atoms with E-state index in [0.29, 0.717) is 45.1 Å². The molecule has 12 nitrogen and oxygen atoms in total. The summed E-state index contributed by atoms with van der Waals surface area (Å²) in [4.78, 5) is 87.9. The molecule has 2 aromatic carbocycles. The third kappa shape index (κ3) is 22.2. The predicted octanol–water partition coefficient (Wildman–Crippen LogP) is 6.91. The number of unbranched alkanes of at least 4 members (excludes halogenated alkanes) is 6. The van der Waals surface area contributed by atoms with Gasteiger partial charge in [0.2, 0.25) is 11.8 Å². The molecule has 4 amide bonds. The highest BCUT2D eigenvalue weighted by molar-refractivity contribution is 5.90. The summed E-state index contributed by atoms with van der Waals surface area (Å²) in [5.74, 6) is -1.36. The molecule has 0 radical (unpaired) electrons. The number of ether oxygens (including phenoxy) is 1. The SMILES string of the molecule is CC(=O)CC[C@H](NC(=O)N[C@@H](CCCCNC(=O)CCCCCCCCC(=O)[C@@H](Cc1ccccc1)NC(=O)C(C)Cc1ccccc1)C(=O)OC(C)(C)C)C(C)=O. The smallest absolute Gasteiger partial charge is 0.329 e. The molecule has 58 heavy (non-hydrogen) atoms. The molecular formula is C46H68N4O8. The van der Waals surface area contributed by atoms with Crippen LogP contribution in [0.15, 0.2) is 60.7 Å². The number of urea groups is 1. The van der Waals surface area contributed by atoms with Crippen LogP contribution in [0.1, 0.15) is 136 Å². The number of carbonyl (C=O) groups is 7. The molecule has 0 saturated heterocycles. The van der Waals surface area contributed by atoms with Crippen molar-refractivity contribution >= 4 is 41.2 Å². The Kier molecular flexibility index (Phi) is 22.9. The quantitative estimate of drug-likeness (QED) is 0.0530. The fourth-order valence-electron chi connectivity index (χ4n) is 6.43. The lowest BCUT2D eigenvalue weighted by Gasteiger charge is -2.25. The van der Waals surface area contributed by atoms with Crippen molar-refractivity contribution in [3.05, 3.63) is 71.8 Å². The Morgan fingerprint density at radius 2 is 1.16 bits per heavy atom. The molecule has 0 saturated carbocycles. The van der Waals surface area contributed by atoms with E-state index in [1.54, 1.807) is 20.8 Å². The first-order valence-corrected chi connectivity index (χ1v) is 21.0. The van der Waals surface area contributed by atoms with Gasteiger partial charge in [-0.1, -0.05) is 93.3 Å². The summed E-state index contributed by atoms with van der Waals surface area (Å²) in [6.07, 6.45) is 8.80. The van der Waals surface area contributed by atoms with Gasteiger partial charge in [0.1, 0.15) is 17.4 Å². The first kappa shape index (κ1) is 49.3. The summed E-state index contributed by atoms with van der Waals surface area (Å²) in [5, 5.41) is 11.1. The van der Waals surface area contributed by atoms with Gasteiger partial charge in [-0.3, -0.25) is 19.2 Å². The number of carbonyl (C=O) groups excluding carboxylic acids is 7. The molecule has 12 heteroatoms. The van der Waals surface area contributed by atoms with Crippen LogP contribution < -0.4 is 21.3 Å². The van der Waals surface area contributed by atoms with Gasteiger partial charge in [-0.2, -0.15) is 0 Å². The molecule has 0 aliphatic carbocycles. The zero-order valence-electron chi connectivity index (χ0n) is 35.7. The molecule has 0 heterocycles. The summed E-state index contributed by atoms with van der Waals surface area (Å²) in [6.45, 7) is 10.3. The molecule has 0 aliphatic heterocycles. The molecule has 0 aromatic heterocycles. The monoisotopic (exact) mass is 805 g/mol. The van der Waals surface area contributed by atoms with E-state index in [1.165, 1.54) is 13.8 Å². The van der Waals surface area contributed by atoms with E-state index in [2.05, 4.69) is 21.3 Å². The minimum absolute atomic E-state index is 0.0442. The molecule has 2 aromatic rings. The van der Waals surface area contributed by atoms with E-state index in [-0.39, 0.29) is 54.3 Å². The fraction of sp³-hybridized carbons (Fsp3) is 0.587. The fourth-order valence-corrected chi connectivity index (χ4v) is 6.43. The van der Waals surface area contributed by atoms with Crippen LogP contribution >= 0.6 is 0 Å². The molecule has 0 bridgehead atoms. The third-order valence-corrected chi connectivity index (χ3v) is 9.72. The van der Waals surface area contributed by atoms with Crippen molar-refractivity contribution in [3.63, 3.8) is 0 Å². The molecule has 4 atom stereocenters. The molecule has 0 fully saturated rings. The van der Waals surface area contributed by atoms with E-state index in [4.69, 9.17) is 4.74 Å². The van der Waals surface area contributed by atoms with Gasteiger partial charge in [-0.25, -0.2) is 9.59 Å². The van der Waals surface area contributed by atoms with E-state index >= 15 is 0 Å². The van der Waals surface area contributed by atoms with Gasteiger partial charge in [-0.05, 0) is 97.1 Å². The molecule has 1 unspecified atom stereocenters. The maximum atomic E-state index is 13.3. The summed E-state index contributed by atoms with van der Waals surface area (Å²) in [6, 6.07) is 16.6. The second-order valence-electron chi connectivity index (χ2n) is 16.4. The Bertz CT molecular complexity index is 1590. The maximum absolute atomic E-state index is 13.3. The number of ketones is 3. The summed E-state index contributed by atoms with van der Waals surface area (Å²) in [5.41, 5.74) is 1.32. The molecule has 320 valence electrons. The van der Waals surface area contributed by atoms with E-state index < -0.39 is 35.7 Å². The summed E-state index contributed by atoms with van der Waals surface area (Å²) < 4.78 is 5.50. The topological polar surface area (TPSA) is 177 Å². The Hall–Kier alpha value is -4.87. The number of nitrogens with one attached hydrogen (secondary N) is 4. The van der Waals surface area contributed by atoms with Crippen LogP contribution in [0.4, 0.5) is 4.79 Å². The average molecular weight is 805 g/mol. The van der Waals surface area contributed by atoms with Crippen molar-refractivity contribution in [2.75, 3.05) is 6.54 Å². The standard InChI is InChI=1S/C46H68N4O8/c1-33(31-36-21-13-11-14-22-36)43(55)48-40(32-37-23-15-12-16-24-37)41(53)26-17-9-7-8-10-18-27-42(54)47-30-20-19-25-39(44(56)58-46(4,5)6)50-45(57)49-38(35(3)52)29-28-34(2)51/h11-16,21-24,33,38-40H,7-10,17-20,25-32H2,1-6H3,(H,47,54)(H,48,55)(H2,49,50,57)/t33?,38-,39-,40+/m0/s1. The predicted molar refractivity (Wildman–Crippen MR) is 226 cm³/mol. The van der Waals surface area contributed by atoms with Crippen LogP contribution in [0.5, 0.6) is 0 Å². The minimum Gasteiger partial charge on any atom is -0.458 e. The Balaban J connectivity index is 1.68. The van der Waals surface area contributed by atoms with Gasteiger partial charge in [-0.15, -0.1) is 0 Å². The number of benzene rings is 2. The van der Waals surface area contributed by atoms with Crippen molar-refractivity contribution in [3.8, 4) is 0 Å². The Morgan fingerprint density at radius 3 is 1.72 bits per heavy atom. The highest BCUT2D eigenvalue weighted by Crippen LogP contribution is 2.15. The van der Waals surface area contributed by atoms with Gasteiger partial charge >= 0.3 is 12.0 Å². The number of rotatable bonds is 28. The van der Waals surface area contributed by atoms with Crippen molar-refractivity contribution in [2.24, 2.45) is 5.92 Å². The summed E-state index contributed by atoms with van der Waals surface area (Å²) >= 11 is 0. The number of Topliss-reactive ketones (excluding diaryl/α,β-unsaturated/α-hetero) is 3. The molecule has 2 rings (SSSR count). The lowest BCUT2D eigenvalue weighted by Crippen LogP contribution is -2.51. The molecule has 0 spiro atoms. The normalized spacial score (nSPS) is 13.3. The van der Waals surface area contributed by atoms with E-state index in [1.807, 2.05) is 67.6 Å². The van der Waals surface area contributed by atoms with E-state index in [0.717, 1.165) is 49.7 Å². The third-order valence-electron chi connectivity index (χ3n) is 9.72. The van der Waals surface area contributed by atoms with Crippen LogP contribution in [-0.4, -0.2) is 71.4 Å². The van der Waals surface area contributed by atoms with Crippen molar-refractivity contribution < 1.29 is 38.3 Å². The van der Waals surface area contributed by atoms with Gasteiger partial charge in [0, 0.05) is 31.7 Å². The first-order chi connectivity index (χ1) is 27.5. The number of hydrogen-bond donors (Lipinski definition) is 4.